The number of aromatic nitrogens is 3. The zero-order valence-electron chi connectivity index (χ0n) is 9.64. The van der Waals surface area contributed by atoms with Gasteiger partial charge in [-0.2, -0.15) is 5.10 Å². The van der Waals surface area contributed by atoms with Crippen LogP contribution in [0.1, 0.15) is 27.2 Å². The Labute approximate surface area is 98.6 Å². The van der Waals surface area contributed by atoms with E-state index in [-0.39, 0.29) is 0 Å². The topological polar surface area (TPSA) is 50.9 Å². The Hall–Kier alpha value is -1.20. The minimum atomic E-state index is -0.486. The van der Waals surface area contributed by atoms with Crippen LogP contribution in [-0.4, -0.2) is 19.9 Å². The van der Waals surface area contributed by atoms with Gasteiger partial charge in [-0.05, 0) is 25.5 Å². The second-order valence-electron chi connectivity index (χ2n) is 3.91. The number of aryl methyl sites for hydroxylation is 3. The van der Waals surface area contributed by atoms with Crippen molar-refractivity contribution in [3.05, 3.63) is 33.5 Å². The van der Waals surface area contributed by atoms with Crippen LogP contribution in [0.15, 0.2) is 12.4 Å². The molecule has 1 unspecified atom stereocenters. The molecule has 0 radical (unpaired) electrons. The Bertz CT molecular complexity index is 470. The Kier molecular flexibility index (Phi) is 3.07. The molecule has 0 aliphatic rings. The van der Waals surface area contributed by atoms with Gasteiger partial charge in [-0.25, -0.2) is 4.98 Å². The smallest absolute Gasteiger partial charge is 0.138 e. The van der Waals surface area contributed by atoms with Gasteiger partial charge < -0.3 is 5.11 Å². The van der Waals surface area contributed by atoms with Gasteiger partial charge in [0.15, 0.2) is 0 Å². The van der Waals surface area contributed by atoms with Gasteiger partial charge in [-0.1, -0.05) is 0 Å². The maximum atomic E-state index is 10.1. The zero-order valence-corrected chi connectivity index (χ0v) is 10.5. The molecule has 0 aromatic carbocycles. The molecule has 86 valence electrons. The molecule has 2 aromatic heterocycles. The fourth-order valence-electron chi connectivity index (χ4n) is 1.54. The lowest BCUT2D eigenvalue weighted by Gasteiger charge is -2.07. The standard InChI is InChI=1S/C11H15N3OS/c1-7-4-10(16-8(7)2)9(15)5-11-12-6-13-14(11)3/h4,6,9,15H,5H2,1-3H3. The third-order valence-electron chi connectivity index (χ3n) is 2.69. The second-order valence-corrected chi connectivity index (χ2v) is 5.20. The summed E-state index contributed by atoms with van der Waals surface area (Å²) in [7, 11) is 1.83. The largest absolute Gasteiger partial charge is 0.387 e. The summed E-state index contributed by atoms with van der Waals surface area (Å²) in [5.74, 6) is 0.802. The average molecular weight is 237 g/mol. The Balaban J connectivity index is 2.14. The van der Waals surface area contributed by atoms with Crippen LogP contribution in [0, 0.1) is 13.8 Å². The molecule has 16 heavy (non-hydrogen) atoms. The molecule has 2 rings (SSSR count). The zero-order chi connectivity index (χ0) is 11.7. The van der Waals surface area contributed by atoms with E-state index in [4.69, 9.17) is 0 Å². The fraction of sp³-hybridized carbons (Fsp3) is 0.455. The maximum Gasteiger partial charge on any atom is 0.138 e. The van der Waals surface area contributed by atoms with E-state index in [2.05, 4.69) is 23.9 Å². The Morgan fingerprint density at radius 2 is 2.25 bits per heavy atom. The van der Waals surface area contributed by atoms with Gasteiger partial charge in [0, 0.05) is 23.2 Å². The fourth-order valence-corrected chi connectivity index (χ4v) is 2.57. The van der Waals surface area contributed by atoms with Crippen molar-refractivity contribution in [2.75, 3.05) is 0 Å². The number of hydrogen-bond donors (Lipinski definition) is 1. The molecule has 0 aliphatic carbocycles. The van der Waals surface area contributed by atoms with Crippen molar-refractivity contribution < 1.29 is 5.11 Å². The molecule has 4 nitrogen and oxygen atoms in total. The predicted molar refractivity (Wildman–Crippen MR) is 63.5 cm³/mol. The van der Waals surface area contributed by atoms with Gasteiger partial charge >= 0.3 is 0 Å². The third kappa shape index (κ3) is 2.15. The molecule has 1 N–H and O–H groups in total. The quantitative estimate of drug-likeness (QED) is 0.885. The van der Waals surface area contributed by atoms with Crippen LogP contribution in [0.4, 0.5) is 0 Å². The minimum Gasteiger partial charge on any atom is -0.387 e. The summed E-state index contributed by atoms with van der Waals surface area (Å²) in [4.78, 5) is 6.36. The molecule has 2 heterocycles. The molecule has 0 amide bonds. The molecule has 2 aromatic rings. The molecule has 5 heteroatoms. The maximum absolute atomic E-state index is 10.1. The number of rotatable bonds is 3. The molecule has 0 saturated heterocycles. The molecule has 0 spiro atoms. The van der Waals surface area contributed by atoms with Crippen molar-refractivity contribution in [3.63, 3.8) is 0 Å². The van der Waals surface area contributed by atoms with Crippen molar-refractivity contribution in [1.82, 2.24) is 14.8 Å². The molecule has 1 atom stereocenters. The highest BCUT2D eigenvalue weighted by Crippen LogP contribution is 2.27. The molecule has 0 saturated carbocycles. The van der Waals surface area contributed by atoms with Crippen LogP contribution in [0.3, 0.4) is 0 Å². The first kappa shape index (κ1) is 11.3. The summed E-state index contributed by atoms with van der Waals surface area (Å²) >= 11 is 1.64. The van der Waals surface area contributed by atoms with Crippen molar-refractivity contribution in [2.45, 2.75) is 26.4 Å². The van der Waals surface area contributed by atoms with Crippen LogP contribution in [0.25, 0.3) is 0 Å². The summed E-state index contributed by atoms with van der Waals surface area (Å²) < 4.78 is 1.69. The molecule has 0 bridgehead atoms. The summed E-state index contributed by atoms with van der Waals surface area (Å²) in [6, 6.07) is 2.04. The minimum absolute atomic E-state index is 0.486. The van der Waals surface area contributed by atoms with E-state index in [0.29, 0.717) is 6.42 Å². The predicted octanol–water partition coefficient (Wildman–Crippen LogP) is 1.77. The Morgan fingerprint density at radius 1 is 1.50 bits per heavy atom. The van der Waals surface area contributed by atoms with Crippen molar-refractivity contribution >= 4 is 11.3 Å². The number of thiophene rings is 1. The van der Waals surface area contributed by atoms with Gasteiger partial charge in [0.1, 0.15) is 12.2 Å². The van der Waals surface area contributed by atoms with Crippen molar-refractivity contribution in [3.8, 4) is 0 Å². The van der Waals surface area contributed by atoms with E-state index in [1.165, 1.54) is 16.8 Å². The lowest BCUT2D eigenvalue weighted by molar-refractivity contribution is 0.178. The van der Waals surface area contributed by atoms with Crippen LogP contribution in [0.5, 0.6) is 0 Å². The SMILES string of the molecule is Cc1cc(C(O)Cc2ncnn2C)sc1C. The highest BCUT2D eigenvalue weighted by atomic mass is 32.1. The average Bonchev–Trinajstić information content (AvgIpc) is 2.76. The van der Waals surface area contributed by atoms with E-state index in [1.807, 2.05) is 13.1 Å². The van der Waals surface area contributed by atoms with Crippen LogP contribution >= 0.6 is 11.3 Å². The molecular formula is C11H15N3OS. The summed E-state index contributed by atoms with van der Waals surface area (Å²) in [5, 5.41) is 14.1. The normalized spacial score (nSPS) is 13.0. The highest BCUT2D eigenvalue weighted by Gasteiger charge is 2.14. The highest BCUT2D eigenvalue weighted by molar-refractivity contribution is 7.12. The second kappa shape index (κ2) is 4.35. The van der Waals surface area contributed by atoms with E-state index in [9.17, 15) is 5.11 Å². The number of hydrogen-bond acceptors (Lipinski definition) is 4. The summed E-state index contributed by atoms with van der Waals surface area (Å²) in [6.45, 7) is 4.13. The van der Waals surface area contributed by atoms with E-state index < -0.39 is 6.10 Å². The van der Waals surface area contributed by atoms with Crippen LogP contribution in [0.2, 0.25) is 0 Å². The molecular weight excluding hydrogens is 222 g/mol. The van der Waals surface area contributed by atoms with Gasteiger partial charge in [-0.15, -0.1) is 11.3 Å². The van der Waals surface area contributed by atoms with Gasteiger partial charge in [0.2, 0.25) is 0 Å². The van der Waals surface area contributed by atoms with Gasteiger partial charge in [-0.3, -0.25) is 4.68 Å². The first-order valence-corrected chi connectivity index (χ1v) is 5.97. The third-order valence-corrected chi connectivity index (χ3v) is 3.95. The van der Waals surface area contributed by atoms with Crippen LogP contribution < -0.4 is 0 Å². The first-order valence-electron chi connectivity index (χ1n) is 5.16. The number of aliphatic hydroxyl groups is 1. The van der Waals surface area contributed by atoms with E-state index in [1.54, 1.807) is 16.0 Å². The summed E-state index contributed by atoms with van der Waals surface area (Å²) in [6.07, 6.45) is 1.53. The van der Waals surface area contributed by atoms with E-state index >= 15 is 0 Å². The van der Waals surface area contributed by atoms with Gasteiger partial charge in [0.05, 0.1) is 6.10 Å². The number of aliphatic hydroxyl groups excluding tert-OH is 1. The lowest BCUT2D eigenvalue weighted by atomic mass is 10.2. The first-order chi connectivity index (χ1) is 7.58. The van der Waals surface area contributed by atoms with Crippen LogP contribution in [-0.2, 0) is 13.5 Å². The van der Waals surface area contributed by atoms with Gasteiger partial charge in [0.25, 0.3) is 0 Å². The summed E-state index contributed by atoms with van der Waals surface area (Å²) in [5.41, 5.74) is 1.23. The lowest BCUT2D eigenvalue weighted by Crippen LogP contribution is -2.06. The number of nitrogens with zero attached hydrogens (tertiary/aromatic N) is 3. The van der Waals surface area contributed by atoms with E-state index in [0.717, 1.165) is 10.7 Å². The Morgan fingerprint density at radius 3 is 2.75 bits per heavy atom. The molecule has 0 fully saturated rings. The molecule has 0 aliphatic heterocycles. The van der Waals surface area contributed by atoms with Crippen molar-refractivity contribution in [2.24, 2.45) is 7.05 Å². The monoisotopic (exact) mass is 237 g/mol. The van der Waals surface area contributed by atoms with Crippen molar-refractivity contribution in [1.29, 1.82) is 0 Å².